The van der Waals surface area contributed by atoms with Gasteiger partial charge in [-0.2, -0.15) is 0 Å². The maximum absolute atomic E-state index is 9.13. The smallest absolute Gasteiger partial charge is 0.423 e. The Morgan fingerprint density at radius 2 is 1.88 bits per heavy atom. The van der Waals surface area contributed by atoms with Crippen molar-refractivity contribution >= 4 is 18.4 Å². The van der Waals surface area contributed by atoms with Gasteiger partial charge >= 0.3 is 7.12 Å². The first-order valence-corrected chi connectivity index (χ1v) is 5.27. The van der Waals surface area contributed by atoms with Crippen molar-refractivity contribution in [1.29, 1.82) is 0 Å². The summed E-state index contributed by atoms with van der Waals surface area (Å²) in [4.78, 5) is 3.98. The number of nitrogens with two attached hydrogens (primary N) is 1. The van der Waals surface area contributed by atoms with Crippen LogP contribution in [-0.4, -0.2) is 22.2 Å². The average Bonchev–Trinajstić information content (AvgIpc) is 2.30. The van der Waals surface area contributed by atoms with Gasteiger partial charge in [-0.25, -0.2) is 4.98 Å². The molecule has 4 nitrogen and oxygen atoms in total. The Balaban J connectivity index is 2.59. The lowest BCUT2D eigenvalue weighted by atomic mass is 9.80. The third-order valence-electron chi connectivity index (χ3n) is 2.67. The summed E-state index contributed by atoms with van der Waals surface area (Å²) >= 11 is 0. The third-order valence-corrected chi connectivity index (χ3v) is 2.67. The molecule has 0 fully saturated rings. The monoisotopic (exact) mass is 228 g/mol. The summed E-state index contributed by atoms with van der Waals surface area (Å²) in [5, 5.41) is 18.3. The van der Waals surface area contributed by atoms with Gasteiger partial charge in [0.2, 0.25) is 0 Å². The number of nitrogens with zero attached hydrogens (tertiary/aromatic N) is 1. The van der Waals surface area contributed by atoms with Crippen LogP contribution in [0.4, 0.5) is 5.82 Å². The molecule has 0 spiro atoms. The van der Waals surface area contributed by atoms with E-state index in [1.165, 1.54) is 6.20 Å². The van der Waals surface area contributed by atoms with Crippen LogP contribution in [0, 0.1) is 6.92 Å². The molecule has 0 saturated heterocycles. The summed E-state index contributed by atoms with van der Waals surface area (Å²) in [5.41, 5.74) is 8.87. The van der Waals surface area contributed by atoms with Crippen molar-refractivity contribution in [2.24, 2.45) is 0 Å². The normalized spacial score (nSPS) is 10.3. The SMILES string of the molecule is Cc1ccccc1-c1cc(B(O)O)cnc1N. The number of benzene rings is 1. The maximum atomic E-state index is 9.13. The van der Waals surface area contributed by atoms with Crippen LogP contribution in [0.3, 0.4) is 0 Å². The van der Waals surface area contributed by atoms with E-state index in [0.717, 1.165) is 11.1 Å². The molecule has 86 valence electrons. The molecular weight excluding hydrogens is 215 g/mol. The molecular formula is C12H13BN2O2. The fourth-order valence-electron chi connectivity index (χ4n) is 1.72. The Labute approximate surface area is 99.9 Å². The van der Waals surface area contributed by atoms with Gasteiger partial charge in [0.1, 0.15) is 5.82 Å². The largest absolute Gasteiger partial charge is 0.490 e. The Kier molecular flexibility index (Phi) is 3.13. The Hall–Kier alpha value is -1.85. The minimum atomic E-state index is -1.54. The first-order valence-electron chi connectivity index (χ1n) is 5.27. The van der Waals surface area contributed by atoms with E-state index in [-0.39, 0.29) is 0 Å². The number of hydrogen-bond acceptors (Lipinski definition) is 4. The first-order chi connectivity index (χ1) is 8.09. The van der Waals surface area contributed by atoms with Crippen molar-refractivity contribution in [3.63, 3.8) is 0 Å². The fraction of sp³-hybridized carbons (Fsp3) is 0.0833. The van der Waals surface area contributed by atoms with E-state index in [1.54, 1.807) is 6.07 Å². The van der Waals surface area contributed by atoms with Gasteiger partial charge in [0.05, 0.1) is 0 Å². The highest BCUT2D eigenvalue weighted by Crippen LogP contribution is 2.26. The summed E-state index contributed by atoms with van der Waals surface area (Å²) in [7, 11) is -1.54. The molecule has 4 N–H and O–H groups in total. The van der Waals surface area contributed by atoms with E-state index in [2.05, 4.69) is 4.98 Å². The first kappa shape index (κ1) is 11.6. The van der Waals surface area contributed by atoms with Crippen molar-refractivity contribution in [3.05, 3.63) is 42.1 Å². The minimum absolute atomic E-state index is 0.331. The predicted octanol–water partition coefficient (Wildman–Crippen LogP) is 0.319. The van der Waals surface area contributed by atoms with Gasteiger partial charge in [-0.3, -0.25) is 0 Å². The number of hydrogen-bond donors (Lipinski definition) is 3. The van der Waals surface area contributed by atoms with E-state index >= 15 is 0 Å². The average molecular weight is 228 g/mol. The van der Waals surface area contributed by atoms with Crippen LogP contribution in [0.15, 0.2) is 36.5 Å². The molecule has 0 aliphatic heterocycles. The number of aryl methyl sites for hydroxylation is 1. The molecule has 0 saturated carbocycles. The molecule has 0 bridgehead atoms. The molecule has 0 unspecified atom stereocenters. The van der Waals surface area contributed by atoms with Crippen molar-refractivity contribution in [2.45, 2.75) is 6.92 Å². The van der Waals surface area contributed by atoms with E-state index in [0.29, 0.717) is 16.8 Å². The molecule has 1 heterocycles. The summed E-state index contributed by atoms with van der Waals surface area (Å²) in [6.45, 7) is 1.97. The predicted molar refractivity (Wildman–Crippen MR) is 68.6 cm³/mol. The summed E-state index contributed by atoms with van der Waals surface area (Å²) < 4.78 is 0. The Morgan fingerprint density at radius 1 is 1.18 bits per heavy atom. The standard InChI is InChI=1S/C12H13BN2O2/c1-8-4-2-3-5-10(8)11-6-9(13(16)17)7-15-12(11)14/h2-7,16-17H,1H3,(H2,14,15). The van der Waals surface area contributed by atoms with Crippen LogP contribution in [0.5, 0.6) is 0 Å². The zero-order chi connectivity index (χ0) is 12.4. The van der Waals surface area contributed by atoms with E-state index in [4.69, 9.17) is 15.8 Å². The number of nitrogen functional groups attached to an aromatic ring is 1. The van der Waals surface area contributed by atoms with Crippen molar-refractivity contribution in [1.82, 2.24) is 4.98 Å². The molecule has 1 aromatic heterocycles. The Bertz CT molecular complexity index is 544. The molecule has 5 heteroatoms. The fourth-order valence-corrected chi connectivity index (χ4v) is 1.72. The molecule has 1 aromatic carbocycles. The molecule has 0 aliphatic rings. The van der Waals surface area contributed by atoms with Gasteiger partial charge in [-0.1, -0.05) is 24.3 Å². The summed E-state index contributed by atoms with van der Waals surface area (Å²) in [6, 6.07) is 9.39. The van der Waals surface area contributed by atoms with Crippen LogP contribution in [0.1, 0.15) is 5.56 Å². The van der Waals surface area contributed by atoms with Crippen LogP contribution >= 0.6 is 0 Å². The number of anilines is 1. The second kappa shape index (κ2) is 4.57. The molecule has 0 aliphatic carbocycles. The van der Waals surface area contributed by atoms with Gasteiger partial charge in [0, 0.05) is 17.2 Å². The highest BCUT2D eigenvalue weighted by Gasteiger charge is 2.15. The highest BCUT2D eigenvalue weighted by molar-refractivity contribution is 6.58. The maximum Gasteiger partial charge on any atom is 0.490 e. The molecule has 0 amide bonds. The Morgan fingerprint density at radius 3 is 2.53 bits per heavy atom. The molecule has 0 atom stereocenters. The van der Waals surface area contributed by atoms with Gasteiger partial charge in [-0.05, 0) is 24.1 Å². The van der Waals surface area contributed by atoms with E-state index in [1.807, 2.05) is 31.2 Å². The quantitative estimate of drug-likeness (QED) is 0.646. The van der Waals surface area contributed by atoms with E-state index < -0.39 is 7.12 Å². The lowest BCUT2D eigenvalue weighted by Crippen LogP contribution is -2.30. The van der Waals surface area contributed by atoms with Crippen molar-refractivity contribution < 1.29 is 10.0 Å². The number of rotatable bonds is 2. The van der Waals surface area contributed by atoms with E-state index in [9.17, 15) is 0 Å². The molecule has 17 heavy (non-hydrogen) atoms. The van der Waals surface area contributed by atoms with Crippen molar-refractivity contribution in [2.75, 3.05) is 5.73 Å². The molecule has 2 rings (SSSR count). The van der Waals surface area contributed by atoms with Crippen LogP contribution in [0.2, 0.25) is 0 Å². The van der Waals surface area contributed by atoms with Gasteiger partial charge in [0.15, 0.2) is 0 Å². The van der Waals surface area contributed by atoms with Gasteiger partial charge in [-0.15, -0.1) is 0 Å². The van der Waals surface area contributed by atoms with Gasteiger partial charge in [0.25, 0.3) is 0 Å². The van der Waals surface area contributed by atoms with Gasteiger partial charge < -0.3 is 15.8 Å². The zero-order valence-corrected chi connectivity index (χ0v) is 9.46. The molecule has 2 aromatic rings. The summed E-state index contributed by atoms with van der Waals surface area (Å²) in [5.74, 6) is 0.378. The second-order valence-corrected chi connectivity index (χ2v) is 3.89. The highest BCUT2D eigenvalue weighted by atomic mass is 16.4. The third kappa shape index (κ3) is 2.30. The molecule has 0 radical (unpaired) electrons. The lowest BCUT2D eigenvalue weighted by molar-refractivity contribution is 0.425. The van der Waals surface area contributed by atoms with Crippen molar-refractivity contribution in [3.8, 4) is 11.1 Å². The van der Waals surface area contributed by atoms with Crippen LogP contribution in [-0.2, 0) is 0 Å². The zero-order valence-electron chi connectivity index (χ0n) is 9.46. The number of pyridine rings is 1. The number of aromatic nitrogens is 1. The second-order valence-electron chi connectivity index (χ2n) is 3.89. The topological polar surface area (TPSA) is 79.4 Å². The van der Waals surface area contributed by atoms with Crippen LogP contribution in [0.25, 0.3) is 11.1 Å². The summed E-state index contributed by atoms with van der Waals surface area (Å²) in [6.07, 6.45) is 1.36. The minimum Gasteiger partial charge on any atom is -0.423 e. The lowest BCUT2D eigenvalue weighted by Gasteiger charge is -2.10. The van der Waals surface area contributed by atoms with Crippen LogP contribution < -0.4 is 11.2 Å².